The minimum absolute atomic E-state index is 0.452. The van der Waals surface area contributed by atoms with Crippen LogP contribution in [0, 0.1) is 6.92 Å². The second-order valence-corrected chi connectivity index (χ2v) is 4.96. The molecule has 1 fully saturated rings. The summed E-state index contributed by atoms with van der Waals surface area (Å²) < 4.78 is 7.43. The molecular formula is C13H23N3O. The van der Waals surface area contributed by atoms with E-state index in [0.29, 0.717) is 12.1 Å². The van der Waals surface area contributed by atoms with Crippen LogP contribution in [0.25, 0.3) is 0 Å². The molecule has 1 aliphatic rings. The van der Waals surface area contributed by atoms with Gasteiger partial charge in [-0.05, 0) is 38.2 Å². The first-order valence-corrected chi connectivity index (χ1v) is 6.53. The van der Waals surface area contributed by atoms with Gasteiger partial charge in [-0.3, -0.25) is 4.68 Å². The number of aryl methyl sites for hydroxylation is 1. The molecule has 0 aromatic carbocycles. The predicted octanol–water partition coefficient (Wildman–Crippen LogP) is 1.74. The van der Waals surface area contributed by atoms with Crippen molar-refractivity contribution in [2.24, 2.45) is 0 Å². The normalized spacial score (nSPS) is 25.1. The Kier molecular flexibility index (Phi) is 4.57. The third kappa shape index (κ3) is 3.82. The molecule has 0 radical (unpaired) electrons. The zero-order chi connectivity index (χ0) is 12.1. The molecule has 0 amide bonds. The van der Waals surface area contributed by atoms with Crippen LogP contribution < -0.4 is 5.32 Å². The Labute approximate surface area is 103 Å². The van der Waals surface area contributed by atoms with Gasteiger partial charge in [-0.15, -0.1) is 0 Å². The van der Waals surface area contributed by atoms with Crippen molar-refractivity contribution in [2.45, 2.75) is 51.3 Å². The van der Waals surface area contributed by atoms with Crippen LogP contribution in [-0.2, 0) is 11.3 Å². The minimum atomic E-state index is 0.452. The van der Waals surface area contributed by atoms with Crippen LogP contribution in [0.15, 0.2) is 12.4 Å². The molecule has 0 aliphatic heterocycles. The van der Waals surface area contributed by atoms with E-state index in [9.17, 15) is 0 Å². The van der Waals surface area contributed by atoms with Crippen molar-refractivity contribution >= 4 is 0 Å². The molecule has 1 aromatic heterocycles. The van der Waals surface area contributed by atoms with Crippen molar-refractivity contribution in [3.63, 3.8) is 0 Å². The maximum absolute atomic E-state index is 5.43. The molecule has 0 spiro atoms. The van der Waals surface area contributed by atoms with Crippen LogP contribution in [0.4, 0.5) is 0 Å². The predicted molar refractivity (Wildman–Crippen MR) is 68.0 cm³/mol. The Hall–Kier alpha value is -0.870. The molecule has 1 aliphatic carbocycles. The average Bonchev–Trinajstić information content (AvgIpc) is 2.75. The summed E-state index contributed by atoms with van der Waals surface area (Å²) in [6, 6.07) is 0.616. The maximum atomic E-state index is 5.43. The Morgan fingerprint density at radius 2 is 2.41 bits per heavy atom. The van der Waals surface area contributed by atoms with Gasteiger partial charge in [0, 0.05) is 25.9 Å². The van der Waals surface area contributed by atoms with E-state index in [4.69, 9.17) is 4.74 Å². The van der Waals surface area contributed by atoms with Gasteiger partial charge < -0.3 is 10.1 Å². The number of hydrogen-bond acceptors (Lipinski definition) is 3. The van der Waals surface area contributed by atoms with Crippen LogP contribution >= 0.6 is 0 Å². The highest BCUT2D eigenvalue weighted by molar-refractivity contribution is 4.99. The molecule has 17 heavy (non-hydrogen) atoms. The molecule has 4 nitrogen and oxygen atoms in total. The second kappa shape index (κ2) is 6.17. The number of methoxy groups -OCH3 is 1. The van der Waals surface area contributed by atoms with E-state index in [-0.39, 0.29) is 0 Å². The van der Waals surface area contributed by atoms with Crippen molar-refractivity contribution < 1.29 is 4.74 Å². The standard InChI is InChI=1S/C13H23N3O/c1-11-9-15-16(10-11)7-6-14-12-4-3-5-13(8-12)17-2/h9-10,12-14H,3-8H2,1-2H3. The van der Waals surface area contributed by atoms with Gasteiger partial charge >= 0.3 is 0 Å². The fourth-order valence-corrected chi connectivity index (χ4v) is 2.52. The number of aromatic nitrogens is 2. The lowest BCUT2D eigenvalue weighted by Gasteiger charge is -2.28. The summed E-state index contributed by atoms with van der Waals surface area (Å²) in [4.78, 5) is 0. The van der Waals surface area contributed by atoms with Gasteiger partial charge in [-0.25, -0.2) is 0 Å². The summed E-state index contributed by atoms with van der Waals surface area (Å²) in [6.07, 6.45) is 9.35. The van der Waals surface area contributed by atoms with Crippen LogP contribution in [0.3, 0.4) is 0 Å². The monoisotopic (exact) mass is 237 g/mol. The lowest BCUT2D eigenvalue weighted by molar-refractivity contribution is 0.0588. The van der Waals surface area contributed by atoms with Crippen LogP contribution in [0.1, 0.15) is 31.2 Å². The molecule has 1 aromatic rings. The second-order valence-electron chi connectivity index (χ2n) is 4.96. The van der Waals surface area contributed by atoms with E-state index in [1.165, 1.54) is 24.8 Å². The van der Waals surface area contributed by atoms with E-state index < -0.39 is 0 Å². The fraction of sp³-hybridized carbons (Fsp3) is 0.769. The summed E-state index contributed by atoms with van der Waals surface area (Å²) in [7, 11) is 1.82. The average molecular weight is 237 g/mol. The molecule has 1 N–H and O–H groups in total. The molecule has 2 unspecified atom stereocenters. The Morgan fingerprint density at radius 1 is 1.53 bits per heavy atom. The van der Waals surface area contributed by atoms with Gasteiger partial charge in [0.15, 0.2) is 0 Å². The lowest BCUT2D eigenvalue weighted by Crippen LogP contribution is -2.38. The Balaban J connectivity index is 1.68. The van der Waals surface area contributed by atoms with Crippen molar-refractivity contribution in [3.05, 3.63) is 18.0 Å². The lowest BCUT2D eigenvalue weighted by atomic mass is 9.93. The van der Waals surface area contributed by atoms with Crippen molar-refractivity contribution in [2.75, 3.05) is 13.7 Å². The van der Waals surface area contributed by atoms with Crippen LogP contribution in [0.2, 0.25) is 0 Å². The Bertz CT molecular complexity index is 337. The number of hydrogen-bond donors (Lipinski definition) is 1. The molecule has 2 atom stereocenters. The molecule has 0 saturated heterocycles. The third-order valence-electron chi connectivity index (χ3n) is 3.50. The largest absolute Gasteiger partial charge is 0.381 e. The quantitative estimate of drug-likeness (QED) is 0.848. The summed E-state index contributed by atoms with van der Waals surface area (Å²) in [5.41, 5.74) is 1.22. The van der Waals surface area contributed by atoms with Crippen molar-refractivity contribution in [1.29, 1.82) is 0 Å². The van der Waals surface area contributed by atoms with Gasteiger partial charge in [-0.2, -0.15) is 5.10 Å². The van der Waals surface area contributed by atoms with Crippen LogP contribution in [0.5, 0.6) is 0 Å². The zero-order valence-corrected chi connectivity index (χ0v) is 10.9. The zero-order valence-electron chi connectivity index (χ0n) is 10.9. The molecular weight excluding hydrogens is 214 g/mol. The highest BCUT2D eigenvalue weighted by Crippen LogP contribution is 2.20. The van der Waals surface area contributed by atoms with Gasteiger partial charge in [0.2, 0.25) is 0 Å². The van der Waals surface area contributed by atoms with Crippen molar-refractivity contribution in [3.8, 4) is 0 Å². The van der Waals surface area contributed by atoms with Gasteiger partial charge in [0.1, 0.15) is 0 Å². The van der Waals surface area contributed by atoms with Gasteiger partial charge in [-0.1, -0.05) is 0 Å². The first-order chi connectivity index (χ1) is 8.28. The highest BCUT2D eigenvalue weighted by atomic mass is 16.5. The SMILES string of the molecule is COC1CCCC(NCCn2cc(C)cn2)C1. The first-order valence-electron chi connectivity index (χ1n) is 6.53. The summed E-state index contributed by atoms with van der Waals surface area (Å²) in [5.74, 6) is 0. The number of nitrogens with zero attached hydrogens (tertiary/aromatic N) is 2. The maximum Gasteiger partial charge on any atom is 0.0586 e. The van der Waals surface area contributed by atoms with Crippen molar-refractivity contribution in [1.82, 2.24) is 15.1 Å². The Morgan fingerprint density at radius 3 is 3.12 bits per heavy atom. The van der Waals surface area contributed by atoms with E-state index in [2.05, 4.69) is 23.5 Å². The summed E-state index contributed by atoms with van der Waals surface area (Å²) in [6.45, 7) is 4.01. The topological polar surface area (TPSA) is 39.1 Å². The highest BCUT2D eigenvalue weighted by Gasteiger charge is 2.20. The minimum Gasteiger partial charge on any atom is -0.381 e. The van der Waals surface area contributed by atoms with Crippen LogP contribution in [-0.4, -0.2) is 35.6 Å². The van der Waals surface area contributed by atoms with E-state index in [1.807, 2.05) is 18.0 Å². The molecule has 4 heteroatoms. The number of rotatable bonds is 5. The molecule has 0 bridgehead atoms. The smallest absolute Gasteiger partial charge is 0.0586 e. The number of ether oxygens (including phenoxy) is 1. The molecule has 1 saturated carbocycles. The summed E-state index contributed by atoms with van der Waals surface area (Å²) in [5, 5.41) is 7.88. The van der Waals surface area contributed by atoms with E-state index >= 15 is 0 Å². The summed E-state index contributed by atoms with van der Waals surface area (Å²) >= 11 is 0. The van der Waals surface area contributed by atoms with E-state index in [1.54, 1.807) is 0 Å². The molecule has 2 rings (SSSR count). The third-order valence-corrected chi connectivity index (χ3v) is 3.50. The van der Waals surface area contributed by atoms with Gasteiger partial charge in [0.05, 0.1) is 18.8 Å². The molecule has 1 heterocycles. The first kappa shape index (κ1) is 12.6. The number of nitrogens with one attached hydrogen (secondary N) is 1. The molecule has 96 valence electrons. The fourth-order valence-electron chi connectivity index (χ4n) is 2.52. The van der Waals surface area contributed by atoms with Gasteiger partial charge in [0.25, 0.3) is 0 Å². The van der Waals surface area contributed by atoms with E-state index in [0.717, 1.165) is 19.5 Å².